The molecule has 1 heterocycles. The third-order valence-electron chi connectivity index (χ3n) is 2.99. The molecule has 0 atom stereocenters. The number of para-hydroxylation sites is 2. The van der Waals surface area contributed by atoms with E-state index < -0.39 is 5.82 Å². The lowest BCUT2D eigenvalue weighted by Crippen LogP contribution is -2.03. The van der Waals surface area contributed by atoms with Crippen LogP contribution >= 0.6 is 23.2 Å². The molecule has 1 aromatic heterocycles. The van der Waals surface area contributed by atoms with Gasteiger partial charge in [0.2, 0.25) is 5.95 Å². The molecule has 2 N–H and O–H groups in total. The minimum absolute atomic E-state index is 0.0163. The molecule has 116 valence electrons. The quantitative estimate of drug-likeness (QED) is 0.661. The monoisotopic (exact) mass is 348 g/mol. The maximum Gasteiger partial charge on any atom is 0.229 e. The molecule has 0 aliphatic carbocycles. The summed E-state index contributed by atoms with van der Waals surface area (Å²) in [5, 5.41) is 6.78. The summed E-state index contributed by atoms with van der Waals surface area (Å²) < 4.78 is 13.9. The first-order valence-corrected chi connectivity index (χ1v) is 7.45. The molecular weight excluding hydrogens is 338 g/mol. The van der Waals surface area contributed by atoms with Gasteiger partial charge >= 0.3 is 0 Å². The summed E-state index contributed by atoms with van der Waals surface area (Å²) in [6, 6.07) is 14.1. The van der Waals surface area contributed by atoms with Crippen LogP contribution in [0.15, 0.2) is 54.7 Å². The number of aromatic nitrogens is 2. The van der Waals surface area contributed by atoms with E-state index in [9.17, 15) is 4.39 Å². The zero-order valence-electron chi connectivity index (χ0n) is 11.7. The minimum Gasteiger partial charge on any atom is -0.336 e. The first-order chi connectivity index (χ1) is 11.1. The lowest BCUT2D eigenvalue weighted by molar-refractivity contribution is 0.619. The van der Waals surface area contributed by atoms with Gasteiger partial charge in [-0.05, 0) is 24.3 Å². The fraction of sp³-hybridized carbons (Fsp3) is 0. The second-order valence-corrected chi connectivity index (χ2v) is 5.41. The van der Waals surface area contributed by atoms with Crippen molar-refractivity contribution in [2.75, 3.05) is 10.6 Å². The predicted molar refractivity (Wildman–Crippen MR) is 91.5 cm³/mol. The van der Waals surface area contributed by atoms with Crippen molar-refractivity contribution in [2.45, 2.75) is 0 Å². The van der Waals surface area contributed by atoms with Gasteiger partial charge in [-0.2, -0.15) is 4.98 Å². The fourth-order valence-corrected chi connectivity index (χ4v) is 2.25. The molecule has 0 unspecified atom stereocenters. The van der Waals surface area contributed by atoms with E-state index in [1.54, 1.807) is 36.4 Å². The summed E-state index contributed by atoms with van der Waals surface area (Å²) in [5.74, 6) is -0.355. The molecule has 0 radical (unpaired) electrons. The second kappa shape index (κ2) is 6.81. The minimum atomic E-state index is -0.588. The van der Waals surface area contributed by atoms with Gasteiger partial charge in [-0.3, -0.25) is 0 Å². The summed E-state index contributed by atoms with van der Waals surface area (Å²) in [5.41, 5.74) is 1.18. The second-order valence-electron chi connectivity index (χ2n) is 4.60. The highest BCUT2D eigenvalue weighted by molar-refractivity contribution is 6.33. The number of nitrogens with zero attached hydrogens (tertiary/aromatic N) is 2. The van der Waals surface area contributed by atoms with Crippen LogP contribution in [0.2, 0.25) is 10.0 Å². The van der Waals surface area contributed by atoms with Crippen molar-refractivity contribution in [3.05, 3.63) is 70.6 Å². The first-order valence-electron chi connectivity index (χ1n) is 6.69. The Morgan fingerprint density at radius 1 is 0.826 bits per heavy atom. The van der Waals surface area contributed by atoms with Gasteiger partial charge in [0.1, 0.15) is 0 Å². The van der Waals surface area contributed by atoms with E-state index in [1.165, 1.54) is 0 Å². The van der Waals surface area contributed by atoms with Crippen LogP contribution in [0, 0.1) is 5.82 Å². The third kappa shape index (κ3) is 3.70. The molecule has 0 aliphatic heterocycles. The first kappa shape index (κ1) is 15.5. The molecule has 3 aromatic rings. The van der Waals surface area contributed by atoms with E-state index in [2.05, 4.69) is 20.6 Å². The van der Waals surface area contributed by atoms with Crippen LogP contribution in [-0.2, 0) is 0 Å². The number of hydrogen-bond acceptors (Lipinski definition) is 4. The SMILES string of the molecule is Fc1cnc(Nc2ccccc2Cl)nc1Nc1ccccc1Cl. The van der Waals surface area contributed by atoms with Crippen molar-refractivity contribution in [3.63, 3.8) is 0 Å². The Bertz CT molecular complexity index is 842. The van der Waals surface area contributed by atoms with Crippen LogP contribution < -0.4 is 10.6 Å². The highest BCUT2D eigenvalue weighted by Gasteiger charge is 2.10. The van der Waals surface area contributed by atoms with E-state index in [0.29, 0.717) is 21.4 Å². The van der Waals surface area contributed by atoms with E-state index in [4.69, 9.17) is 23.2 Å². The smallest absolute Gasteiger partial charge is 0.229 e. The molecule has 0 saturated heterocycles. The largest absolute Gasteiger partial charge is 0.336 e. The zero-order valence-corrected chi connectivity index (χ0v) is 13.2. The van der Waals surface area contributed by atoms with Gasteiger partial charge < -0.3 is 10.6 Å². The summed E-state index contributed by atoms with van der Waals surface area (Å²) in [6.07, 6.45) is 1.07. The van der Waals surface area contributed by atoms with Gasteiger partial charge in [-0.25, -0.2) is 9.37 Å². The van der Waals surface area contributed by atoms with Crippen molar-refractivity contribution >= 4 is 46.3 Å². The third-order valence-corrected chi connectivity index (χ3v) is 3.65. The van der Waals surface area contributed by atoms with Crippen LogP contribution in [0.5, 0.6) is 0 Å². The molecule has 0 saturated carbocycles. The topological polar surface area (TPSA) is 49.8 Å². The van der Waals surface area contributed by atoms with Gasteiger partial charge in [-0.15, -0.1) is 0 Å². The van der Waals surface area contributed by atoms with E-state index in [0.717, 1.165) is 6.20 Å². The fourth-order valence-electron chi connectivity index (χ4n) is 1.89. The maximum atomic E-state index is 13.9. The van der Waals surface area contributed by atoms with Crippen LogP contribution in [0.25, 0.3) is 0 Å². The molecule has 3 rings (SSSR count). The number of halogens is 3. The lowest BCUT2D eigenvalue weighted by Gasteiger charge is -2.11. The molecule has 0 aliphatic rings. The average molecular weight is 349 g/mol. The Hall–Kier alpha value is -2.37. The summed E-state index contributed by atoms with van der Waals surface area (Å²) in [7, 11) is 0. The number of benzene rings is 2. The van der Waals surface area contributed by atoms with Crippen molar-refractivity contribution in [1.82, 2.24) is 9.97 Å². The van der Waals surface area contributed by atoms with Gasteiger partial charge in [0, 0.05) is 0 Å². The molecule has 0 bridgehead atoms. The molecule has 0 amide bonds. The Balaban J connectivity index is 1.88. The standard InChI is InChI=1S/C16H11Cl2FN4/c17-10-5-1-3-7-13(10)21-15-12(19)9-20-16(23-15)22-14-8-4-2-6-11(14)18/h1-9H,(H2,20,21,22,23). The summed E-state index contributed by atoms with van der Waals surface area (Å²) in [6.45, 7) is 0. The molecular formula is C16H11Cl2FN4. The van der Waals surface area contributed by atoms with Crippen molar-refractivity contribution in [1.29, 1.82) is 0 Å². The maximum absolute atomic E-state index is 13.9. The molecule has 23 heavy (non-hydrogen) atoms. The normalized spacial score (nSPS) is 10.4. The predicted octanol–water partition coefficient (Wildman–Crippen LogP) is 5.41. The molecule has 0 fully saturated rings. The van der Waals surface area contributed by atoms with Crippen LogP contribution in [0.4, 0.5) is 27.5 Å². The average Bonchev–Trinajstić information content (AvgIpc) is 2.55. The number of hydrogen-bond donors (Lipinski definition) is 2. The van der Waals surface area contributed by atoms with Gasteiger partial charge in [0.05, 0.1) is 27.6 Å². The van der Waals surface area contributed by atoms with E-state index in [-0.39, 0.29) is 11.8 Å². The molecule has 7 heteroatoms. The Morgan fingerprint density at radius 2 is 1.39 bits per heavy atom. The number of rotatable bonds is 4. The zero-order chi connectivity index (χ0) is 16.2. The van der Waals surface area contributed by atoms with Crippen molar-refractivity contribution in [2.24, 2.45) is 0 Å². The molecule has 2 aromatic carbocycles. The van der Waals surface area contributed by atoms with Crippen LogP contribution in [0.1, 0.15) is 0 Å². The Labute approximate surface area is 142 Å². The van der Waals surface area contributed by atoms with Gasteiger partial charge in [0.15, 0.2) is 11.6 Å². The highest BCUT2D eigenvalue weighted by Crippen LogP contribution is 2.27. The van der Waals surface area contributed by atoms with Crippen LogP contribution in [-0.4, -0.2) is 9.97 Å². The highest BCUT2D eigenvalue weighted by atomic mass is 35.5. The Kier molecular flexibility index (Phi) is 4.60. The van der Waals surface area contributed by atoms with Crippen molar-refractivity contribution < 1.29 is 4.39 Å². The van der Waals surface area contributed by atoms with E-state index in [1.807, 2.05) is 12.1 Å². The molecule has 4 nitrogen and oxygen atoms in total. The van der Waals surface area contributed by atoms with Gasteiger partial charge in [0.25, 0.3) is 0 Å². The summed E-state index contributed by atoms with van der Waals surface area (Å²) >= 11 is 12.1. The Morgan fingerprint density at radius 3 is 2.00 bits per heavy atom. The van der Waals surface area contributed by atoms with Crippen molar-refractivity contribution in [3.8, 4) is 0 Å². The number of anilines is 4. The lowest BCUT2D eigenvalue weighted by atomic mass is 10.3. The van der Waals surface area contributed by atoms with Crippen LogP contribution in [0.3, 0.4) is 0 Å². The number of nitrogens with one attached hydrogen (secondary N) is 2. The summed E-state index contributed by atoms with van der Waals surface area (Å²) in [4.78, 5) is 8.03. The van der Waals surface area contributed by atoms with E-state index >= 15 is 0 Å². The molecule has 0 spiro atoms. The van der Waals surface area contributed by atoms with Gasteiger partial charge in [-0.1, -0.05) is 47.5 Å².